The highest BCUT2D eigenvalue weighted by Crippen LogP contribution is 2.61. The summed E-state index contributed by atoms with van der Waals surface area (Å²) in [7, 11) is 1.67. The largest absolute Gasteiger partial charge is 0.285 e. The molecule has 116 valence electrons. The predicted octanol–water partition coefficient (Wildman–Crippen LogP) is 3.54. The molecule has 0 aromatic carbocycles. The Kier molecular flexibility index (Phi) is 3.71. The van der Waals surface area contributed by atoms with E-state index in [1.54, 1.807) is 7.05 Å². The molecule has 0 radical (unpaired) electrons. The molecule has 0 aromatic rings. The van der Waals surface area contributed by atoms with E-state index in [2.05, 4.69) is 19.9 Å². The Bertz CT molecular complexity index is 495. The second-order valence-electron chi connectivity index (χ2n) is 7.36. The summed E-state index contributed by atoms with van der Waals surface area (Å²) in [6.45, 7) is 4.41. The molecule has 0 spiro atoms. The predicted molar refractivity (Wildman–Crippen MR) is 82.4 cm³/mol. The van der Waals surface area contributed by atoms with Crippen LogP contribution in [0.3, 0.4) is 0 Å². The van der Waals surface area contributed by atoms with E-state index in [0.29, 0.717) is 0 Å². The molecule has 3 nitrogen and oxygen atoms in total. The van der Waals surface area contributed by atoms with Crippen LogP contribution in [0.25, 0.3) is 0 Å². The number of fused-ring (bicyclic) bond motifs is 3. The van der Waals surface area contributed by atoms with E-state index in [1.807, 2.05) is 0 Å². The van der Waals surface area contributed by atoms with Gasteiger partial charge in [-0.15, -0.1) is 0 Å². The van der Waals surface area contributed by atoms with Gasteiger partial charge in [-0.2, -0.15) is 0 Å². The normalized spacial score (nSPS) is 38.0. The van der Waals surface area contributed by atoms with Gasteiger partial charge < -0.3 is 0 Å². The van der Waals surface area contributed by atoms with E-state index in [0.717, 1.165) is 19.3 Å². The molecule has 2 fully saturated rings. The SMILES string of the molecule is CCCCCC[C@H]1C=C2CC[C@@]2(C)[C@H]2C(=O)N(C)C(=O)[C@@H]12. The fourth-order valence-corrected chi connectivity index (χ4v) is 4.66. The molecule has 2 amide bonds. The zero-order valence-corrected chi connectivity index (χ0v) is 13.5. The summed E-state index contributed by atoms with van der Waals surface area (Å²) in [6, 6.07) is 0. The molecule has 1 saturated carbocycles. The van der Waals surface area contributed by atoms with Crippen molar-refractivity contribution in [3.63, 3.8) is 0 Å². The van der Waals surface area contributed by atoms with Gasteiger partial charge in [0.05, 0.1) is 11.8 Å². The van der Waals surface area contributed by atoms with Crippen LogP contribution in [0.1, 0.15) is 58.8 Å². The minimum Gasteiger partial charge on any atom is -0.285 e. The molecular formula is C18H27NO2. The highest BCUT2D eigenvalue weighted by atomic mass is 16.2. The van der Waals surface area contributed by atoms with Crippen LogP contribution < -0.4 is 0 Å². The summed E-state index contributed by atoms with van der Waals surface area (Å²) in [5, 5.41) is 0. The number of carbonyl (C=O) groups excluding carboxylic acids is 2. The van der Waals surface area contributed by atoms with E-state index in [4.69, 9.17) is 0 Å². The van der Waals surface area contributed by atoms with Crippen LogP contribution in [-0.4, -0.2) is 23.8 Å². The first-order chi connectivity index (χ1) is 10.0. The van der Waals surface area contributed by atoms with Gasteiger partial charge in [0.1, 0.15) is 0 Å². The maximum Gasteiger partial charge on any atom is 0.233 e. The van der Waals surface area contributed by atoms with Gasteiger partial charge in [0.2, 0.25) is 11.8 Å². The Hall–Kier alpha value is -1.12. The van der Waals surface area contributed by atoms with Crippen molar-refractivity contribution in [1.82, 2.24) is 4.90 Å². The maximum absolute atomic E-state index is 12.5. The second kappa shape index (κ2) is 5.26. The number of rotatable bonds is 5. The Morgan fingerprint density at radius 1 is 1.24 bits per heavy atom. The summed E-state index contributed by atoms with van der Waals surface area (Å²) >= 11 is 0. The van der Waals surface area contributed by atoms with Gasteiger partial charge in [0, 0.05) is 12.5 Å². The smallest absolute Gasteiger partial charge is 0.233 e. The van der Waals surface area contributed by atoms with Crippen LogP contribution in [0, 0.1) is 23.2 Å². The van der Waals surface area contributed by atoms with Crippen LogP contribution in [0.15, 0.2) is 11.6 Å². The molecule has 1 saturated heterocycles. The van der Waals surface area contributed by atoms with E-state index in [-0.39, 0.29) is 35.0 Å². The quantitative estimate of drug-likeness (QED) is 0.441. The Labute approximate surface area is 127 Å². The fourth-order valence-electron chi connectivity index (χ4n) is 4.66. The highest BCUT2D eigenvalue weighted by molar-refractivity contribution is 6.06. The molecule has 3 aliphatic rings. The van der Waals surface area contributed by atoms with E-state index < -0.39 is 0 Å². The van der Waals surface area contributed by atoms with Crippen molar-refractivity contribution in [1.29, 1.82) is 0 Å². The summed E-state index contributed by atoms with van der Waals surface area (Å²) in [5.41, 5.74) is 1.42. The van der Waals surface area contributed by atoms with Crippen LogP contribution >= 0.6 is 0 Å². The van der Waals surface area contributed by atoms with Crippen molar-refractivity contribution in [2.45, 2.75) is 58.8 Å². The first-order valence-corrected chi connectivity index (χ1v) is 8.53. The third kappa shape index (κ3) is 2.08. The number of allylic oxidation sites excluding steroid dienone is 2. The number of hydrogen-bond donors (Lipinski definition) is 0. The molecule has 0 N–H and O–H groups in total. The lowest BCUT2D eigenvalue weighted by Crippen LogP contribution is -2.48. The van der Waals surface area contributed by atoms with Gasteiger partial charge in [-0.3, -0.25) is 14.5 Å². The average Bonchev–Trinajstić information content (AvgIpc) is 2.68. The van der Waals surface area contributed by atoms with Crippen molar-refractivity contribution in [2.75, 3.05) is 7.05 Å². The van der Waals surface area contributed by atoms with Crippen molar-refractivity contribution >= 4 is 11.8 Å². The maximum atomic E-state index is 12.5. The summed E-state index contributed by atoms with van der Waals surface area (Å²) in [6.07, 6.45) is 10.5. The number of imide groups is 1. The van der Waals surface area contributed by atoms with Gasteiger partial charge in [-0.1, -0.05) is 51.2 Å². The van der Waals surface area contributed by atoms with Gasteiger partial charge >= 0.3 is 0 Å². The number of hydrogen-bond acceptors (Lipinski definition) is 2. The second-order valence-corrected chi connectivity index (χ2v) is 7.36. The number of unbranched alkanes of at least 4 members (excludes halogenated alkanes) is 3. The number of likely N-dealkylation sites (tertiary alicyclic amines) is 1. The van der Waals surface area contributed by atoms with Crippen molar-refractivity contribution in [3.05, 3.63) is 11.6 Å². The third-order valence-electron chi connectivity index (χ3n) is 6.17. The standard InChI is InChI=1S/C18H27NO2/c1-4-5-6-7-8-12-11-13-9-10-18(13,2)15-14(12)16(20)19(3)17(15)21/h11-12,14-15H,4-10H2,1-3H3/t12-,14-,15+,18+/m0/s1. The first-order valence-electron chi connectivity index (χ1n) is 8.53. The average molecular weight is 289 g/mol. The summed E-state index contributed by atoms with van der Waals surface area (Å²) < 4.78 is 0. The lowest BCUT2D eigenvalue weighted by Gasteiger charge is -2.51. The zero-order chi connectivity index (χ0) is 15.2. The van der Waals surface area contributed by atoms with E-state index in [9.17, 15) is 9.59 Å². The lowest BCUT2D eigenvalue weighted by molar-refractivity contribution is -0.139. The Morgan fingerprint density at radius 3 is 2.62 bits per heavy atom. The molecule has 0 unspecified atom stereocenters. The Balaban J connectivity index is 1.82. The molecule has 2 aliphatic carbocycles. The minimum absolute atomic E-state index is 0.0257. The number of carbonyl (C=O) groups is 2. The van der Waals surface area contributed by atoms with E-state index in [1.165, 1.54) is 36.2 Å². The molecule has 0 bridgehead atoms. The summed E-state index contributed by atoms with van der Waals surface area (Å²) in [5.74, 6) is 0.250. The van der Waals surface area contributed by atoms with E-state index >= 15 is 0 Å². The topological polar surface area (TPSA) is 37.4 Å². The molecule has 3 rings (SSSR count). The van der Waals surface area contributed by atoms with Gasteiger partial charge in [0.25, 0.3) is 0 Å². The van der Waals surface area contributed by atoms with Crippen LogP contribution in [-0.2, 0) is 9.59 Å². The monoisotopic (exact) mass is 289 g/mol. The van der Waals surface area contributed by atoms with Crippen molar-refractivity contribution in [3.8, 4) is 0 Å². The molecule has 0 aromatic heterocycles. The highest BCUT2D eigenvalue weighted by Gasteiger charge is 2.61. The fraction of sp³-hybridized carbons (Fsp3) is 0.778. The molecule has 1 aliphatic heterocycles. The van der Waals surface area contributed by atoms with Crippen LogP contribution in [0.2, 0.25) is 0 Å². The van der Waals surface area contributed by atoms with Gasteiger partial charge in [0.15, 0.2) is 0 Å². The number of nitrogens with zero attached hydrogens (tertiary/aromatic N) is 1. The molecular weight excluding hydrogens is 262 g/mol. The van der Waals surface area contributed by atoms with Crippen LogP contribution in [0.5, 0.6) is 0 Å². The molecule has 1 heterocycles. The first kappa shape index (κ1) is 14.8. The van der Waals surface area contributed by atoms with Gasteiger partial charge in [-0.25, -0.2) is 0 Å². The lowest BCUT2D eigenvalue weighted by atomic mass is 9.51. The third-order valence-corrected chi connectivity index (χ3v) is 6.17. The van der Waals surface area contributed by atoms with Crippen molar-refractivity contribution < 1.29 is 9.59 Å². The molecule has 4 atom stereocenters. The number of amides is 2. The summed E-state index contributed by atoms with van der Waals surface area (Å²) in [4.78, 5) is 26.5. The van der Waals surface area contributed by atoms with Gasteiger partial charge in [-0.05, 0) is 25.2 Å². The Morgan fingerprint density at radius 2 is 2.00 bits per heavy atom. The molecule has 21 heavy (non-hydrogen) atoms. The van der Waals surface area contributed by atoms with Crippen molar-refractivity contribution in [2.24, 2.45) is 23.2 Å². The minimum atomic E-state index is -0.0850. The zero-order valence-electron chi connectivity index (χ0n) is 13.5. The molecule has 3 heteroatoms. The van der Waals surface area contributed by atoms with Crippen LogP contribution in [0.4, 0.5) is 0 Å².